The summed E-state index contributed by atoms with van der Waals surface area (Å²) < 4.78 is 10.7. The van der Waals surface area contributed by atoms with Gasteiger partial charge in [0.2, 0.25) is 0 Å². The molecule has 0 bridgehead atoms. The third kappa shape index (κ3) is 4.86. The van der Waals surface area contributed by atoms with Crippen molar-refractivity contribution in [1.29, 1.82) is 0 Å². The van der Waals surface area contributed by atoms with Crippen molar-refractivity contribution in [1.82, 2.24) is 0 Å². The van der Waals surface area contributed by atoms with Crippen LogP contribution in [0.1, 0.15) is 11.1 Å². The number of carbonyl (C=O) groups is 1. The normalized spacial score (nSPS) is 10.2. The van der Waals surface area contributed by atoms with Gasteiger partial charge in [0.05, 0.1) is 7.11 Å². The molecule has 0 atom stereocenters. The third-order valence-electron chi connectivity index (χ3n) is 3.94. The molecule has 3 aromatic rings. The summed E-state index contributed by atoms with van der Waals surface area (Å²) in [6.45, 7) is -0.0627. The van der Waals surface area contributed by atoms with Gasteiger partial charge in [0, 0.05) is 11.8 Å². The Hall–Kier alpha value is -3.27. The van der Waals surface area contributed by atoms with Gasteiger partial charge >= 0.3 is 0 Å². The summed E-state index contributed by atoms with van der Waals surface area (Å²) in [5.74, 6) is 1.08. The zero-order valence-electron chi connectivity index (χ0n) is 14.6. The minimum absolute atomic E-state index is 0.0627. The molecule has 0 unspecified atom stereocenters. The van der Waals surface area contributed by atoms with E-state index in [-0.39, 0.29) is 12.5 Å². The Labute approximate surface area is 153 Å². The van der Waals surface area contributed by atoms with Gasteiger partial charge < -0.3 is 14.8 Å². The number of amides is 1. The van der Waals surface area contributed by atoms with Gasteiger partial charge in [-0.05, 0) is 35.7 Å². The summed E-state index contributed by atoms with van der Waals surface area (Å²) in [6, 6.07) is 25.2. The molecule has 1 N–H and O–H groups in total. The molecule has 26 heavy (non-hydrogen) atoms. The largest absolute Gasteiger partial charge is 0.497 e. The minimum atomic E-state index is -0.201. The van der Waals surface area contributed by atoms with Crippen molar-refractivity contribution < 1.29 is 14.3 Å². The second-order valence-corrected chi connectivity index (χ2v) is 5.84. The molecule has 0 aromatic heterocycles. The van der Waals surface area contributed by atoms with E-state index in [1.807, 2.05) is 54.6 Å². The fourth-order valence-corrected chi connectivity index (χ4v) is 2.64. The fourth-order valence-electron chi connectivity index (χ4n) is 2.64. The first-order chi connectivity index (χ1) is 12.7. The number of rotatable bonds is 7. The molecule has 0 fully saturated rings. The van der Waals surface area contributed by atoms with Gasteiger partial charge in [-0.15, -0.1) is 0 Å². The predicted molar refractivity (Wildman–Crippen MR) is 103 cm³/mol. The van der Waals surface area contributed by atoms with Gasteiger partial charge in [-0.1, -0.05) is 54.6 Å². The van der Waals surface area contributed by atoms with Crippen LogP contribution in [0.25, 0.3) is 0 Å². The number of carbonyl (C=O) groups excluding carboxylic acids is 1. The number of hydrogen-bond acceptors (Lipinski definition) is 3. The Bertz CT molecular complexity index is 862. The van der Waals surface area contributed by atoms with E-state index in [2.05, 4.69) is 17.4 Å². The lowest BCUT2D eigenvalue weighted by molar-refractivity contribution is -0.118. The molecule has 0 aliphatic heterocycles. The van der Waals surface area contributed by atoms with Crippen molar-refractivity contribution >= 4 is 11.6 Å². The number of nitrogens with one attached hydrogen (secondary N) is 1. The van der Waals surface area contributed by atoms with Crippen molar-refractivity contribution in [2.75, 3.05) is 19.0 Å². The van der Waals surface area contributed by atoms with E-state index in [0.717, 1.165) is 17.7 Å². The maximum absolute atomic E-state index is 12.3. The summed E-state index contributed by atoms with van der Waals surface area (Å²) in [6.07, 6.45) is 0.758. The molecular formula is C22H21NO3. The average molecular weight is 347 g/mol. The second kappa shape index (κ2) is 8.72. The topological polar surface area (TPSA) is 47.6 Å². The van der Waals surface area contributed by atoms with E-state index in [4.69, 9.17) is 9.47 Å². The van der Waals surface area contributed by atoms with Crippen LogP contribution in [0, 0.1) is 0 Å². The highest BCUT2D eigenvalue weighted by molar-refractivity contribution is 5.92. The smallest absolute Gasteiger partial charge is 0.262 e. The van der Waals surface area contributed by atoms with Crippen LogP contribution in [0.2, 0.25) is 0 Å². The lowest BCUT2D eigenvalue weighted by atomic mass is 10.0. The first-order valence-corrected chi connectivity index (χ1v) is 8.43. The quantitative estimate of drug-likeness (QED) is 0.693. The molecule has 4 nitrogen and oxygen atoms in total. The lowest BCUT2D eigenvalue weighted by Crippen LogP contribution is -2.21. The van der Waals surface area contributed by atoms with Crippen molar-refractivity contribution in [2.45, 2.75) is 6.42 Å². The maximum Gasteiger partial charge on any atom is 0.262 e. The Morgan fingerprint density at radius 1 is 0.885 bits per heavy atom. The molecule has 0 heterocycles. The number of benzene rings is 3. The monoisotopic (exact) mass is 347 g/mol. The number of methoxy groups -OCH3 is 1. The van der Waals surface area contributed by atoms with Crippen molar-refractivity contribution in [3.8, 4) is 11.5 Å². The lowest BCUT2D eigenvalue weighted by Gasteiger charge is -2.12. The third-order valence-corrected chi connectivity index (χ3v) is 3.94. The van der Waals surface area contributed by atoms with Crippen LogP contribution in [0.3, 0.4) is 0 Å². The van der Waals surface area contributed by atoms with Crippen LogP contribution in [-0.2, 0) is 11.2 Å². The van der Waals surface area contributed by atoms with Gasteiger partial charge in [0.15, 0.2) is 6.61 Å². The van der Waals surface area contributed by atoms with Gasteiger partial charge in [-0.2, -0.15) is 0 Å². The Morgan fingerprint density at radius 3 is 2.42 bits per heavy atom. The molecular weight excluding hydrogens is 326 g/mol. The number of hydrogen-bond donors (Lipinski definition) is 1. The standard InChI is InChI=1S/C22H21NO3/c1-25-19-11-7-12-20(15-19)26-16-22(24)23-21-13-6-5-10-18(21)14-17-8-3-2-4-9-17/h2-13,15H,14,16H2,1H3,(H,23,24). The highest BCUT2D eigenvalue weighted by Gasteiger charge is 2.08. The second-order valence-electron chi connectivity index (χ2n) is 5.84. The van der Waals surface area contributed by atoms with Crippen LogP contribution in [0.5, 0.6) is 11.5 Å². The first kappa shape index (κ1) is 17.5. The Kier molecular flexibility index (Phi) is 5.88. The Balaban J connectivity index is 1.62. The van der Waals surface area contributed by atoms with Crippen molar-refractivity contribution in [2.24, 2.45) is 0 Å². The summed E-state index contributed by atoms with van der Waals surface area (Å²) in [5.41, 5.74) is 3.06. The summed E-state index contributed by atoms with van der Waals surface area (Å²) >= 11 is 0. The molecule has 132 valence electrons. The average Bonchev–Trinajstić information content (AvgIpc) is 2.69. The molecule has 1 amide bonds. The highest BCUT2D eigenvalue weighted by atomic mass is 16.5. The first-order valence-electron chi connectivity index (χ1n) is 8.43. The molecule has 0 aliphatic rings. The van der Waals surface area contributed by atoms with Crippen LogP contribution in [0.15, 0.2) is 78.9 Å². The molecule has 0 spiro atoms. The van der Waals surface area contributed by atoms with Crippen LogP contribution in [-0.4, -0.2) is 19.6 Å². The summed E-state index contributed by atoms with van der Waals surface area (Å²) in [4.78, 5) is 12.3. The van der Waals surface area contributed by atoms with Gasteiger partial charge in [-0.25, -0.2) is 0 Å². The van der Waals surface area contributed by atoms with Gasteiger partial charge in [0.25, 0.3) is 5.91 Å². The molecule has 3 aromatic carbocycles. The maximum atomic E-state index is 12.3. The van der Waals surface area contributed by atoms with E-state index in [0.29, 0.717) is 11.5 Å². The zero-order chi connectivity index (χ0) is 18.2. The minimum Gasteiger partial charge on any atom is -0.497 e. The molecule has 3 rings (SSSR count). The SMILES string of the molecule is COc1cccc(OCC(=O)Nc2ccccc2Cc2ccccc2)c1. The van der Waals surface area contributed by atoms with Crippen LogP contribution in [0.4, 0.5) is 5.69 Å². The van der Waals surface area contributed by atoms with Crippen molar-refractivity contribution in [3.63, 3.8) is 0 Å². The van der Waals surface area contributed by atoms with Crippen molar-refractivity contribution in [3.05, 3.63) is 90.0 Å². The van der Waals surface area contributed by atoms with E-state index in [1.54, 1.807) is 19.2 Å². The molecule has 0 aliphatic carbocycles. The van der Waals surface area contributed by atoms with Crippen LogP contribution >= 0.6 is 0 Å². The summed E-state index contributed by atoms with van der Waals surface area (Å²) in [5, 5.41) is 2.93. The van der Waals surface area contributed by atoms with E-state index < -0.39 is 0 Å². The Morgan fingerprint density at radius 2 is 1.62 bits per heavy atom. The zero-order valence-corrected chi connectivity index (χ0v) is 14.6. The number of para-hydroxylation sites is 1. The molecule has 0 radical (unpaired) electrons. The van der Waals surface area contributed by atoms with Gasteiger partial charge in [0.1, 0.15) is 11.5 Å². The highest BCUT2D eigenvalue weighted by Crippen LogP contribution is 2.20. The molecule has 0 saturated heterocycles. The summed E-state index contributed by atoms with van der Waals surface area (Å²) in [7, 11) is 1.59. The molecule has 0 saturated carbocycles. The van der Waals surface area contributed by atoms with E-state index in [9.17, 15) is 4.79 Å². The number of ether oxygens (including phenoxy) is 2. The molecule has 4 heteroatoms. The fraction of sp³-hybridized carbons (Fsp3) is 0.136. The number of anilines is 1. The van der Waals surface area contributed by atoms with Gasteiger partial charge in [-0.3, -0.25) is 4.79 Å². The predicted octanol–water partition coefficient (Wildman–Crippen LogP) is 4.30. The van der Waals surface area contributed by atoms with Crippen LogP contribution < -0.4 is 14.8 Å². The van der Waals surface area contributed by atoms with E-state index >= 15 is 0 Å². The van der Waals surface area contributed by atoms with E-state index in [1.165, 1.54) is 5.56 Å².